The summed E-state index contributed by atoms with van der Waals surface area (Å²) in [5.74, 6) is 0.914. The van der Waals surface area contributed by atoms with Crippen molar-refractivity contribution in [2.45, 2.75) is 25.0 Å². The molecule has 1 aliphatic heterocycles. The molecule has 1 fully saturated rings. The number of methoxy groups -OCH3 is 2. The highest BCUT2D eigenvalue weighted by atomic mass is 16.5. The molecule has 0 spiro atoms. The van der Waals surface area contributed by atoms with Crippen LogP contribution < -0.4 is 10.1 Å². The fourth-order valence-corrected chi connectivity index (χ4v) is 2.43. The van der Waals surface area contributed by atoms with Gasteiger partial charge in [-0.3, -0.25) is 0 Å². The predicted octanol–water partition coefficient (Wildman–Crippen LogP) is 2.15. The van der Waals surface area contributed by atoms with Gasteiger partial charge in [0.2, 0.25) is 0 Å². The summed E-state index contributed by atoms with van der Waals surface area (Å²) in [5, 5.41) is 3.52. The molecule has 0 amide bonds. The molecule has 1 aliphatic rings. The van der Waals surface area contributed by atoms with Crippen LogP contribution in [0.2, 0.25) is 0 Å². The third kappa shape index (κ3) is 3.26. The van der Waals surface area contributed by atoms with Crippen LogP contribution >= 0.6 is 0 Å². The molecule has 1 N–H and O–H groups in total. The zero-order chi connectivity index (χ0) is 13.7. The molecule has 2 unspecified atom stereocenters. The molecule has 0 bridgehead atoms. The number of ether oxygens (including phenoxy) is 3. The molecule has 0 radical (unpaired) electrons. The number of rotatable bonds is 6. The highest BCUT2D eigenvalue weighted by molar-refractivity contribution is 5.35. The van der Waals surface area contributed by atoms with Crippen LogP contribution in [0.25, 0.3) is 0 Å². The van der Waals surface area contributed by atoms with Crippen molar-refractivity contribution in [2.75, 3.05) is 34.0 Å². The van der Waals surface area contributed by atoms with Gasteiger partial charge in [0, 0.05) is 38.3 Å². The second-order valence-corrected chi connectivity index (χ2v) is 5.03. The quantitative estimate of drug-likeness (QED) is 0.855. The Balaban J connectivity index is 1.99. The Morgan fingerprint density at radius 1 is 1.37 bits per heavy atom. The van der Waals surface area contributed by atoms with E-state index in [1.807, 2.05) is 18.2 Å². The minimum absolute atomic E-state index is 0.184. The van der Waals surface area contributed by atoms with Crippen molar-refractivity contribution in [1.82, 2.24) is 5.32 Å². The van der Waals surface area contributed by atoms with Crippen molar-refractivity contribution in [2.24, 2.45) is 0 Å². The minimum atomic E-state index is -0.184. The standard InChI is InChI=1S/C15H23NO3/c1-12(13-6-4-5-7-14(13)17-2)16-10-15(18-3)8-9-19-11-15/h4-7,12,16H,8-11H2,1-3H3. The van der Waals surface area contributed by atoms with E-state index in [2.05, 4.69) is 18.3 Å². The Bertz CT molecular complexity index is 402. The van der Waals surface area contributed by atoms with E-state index in [0.29, 0.717) is 6.61 Å². The van der Waals surface area contributed by atoms with Gasteiger partial charge in [0.25, 0.3) is 0 Å². The molecule has 1 heterocycles. The van der Waals surface area contributed by atoms with Gasteiger partial charge in [-0.2, -0.15) is 0 Å². The van der Waals surface area contributed by atoms with Gasteiger partial charge in [-0.1, -0.05) is 18.2 Å². The molecule has 0 saturated carbocycles. The molecule has 0 aliphatic carbocycles. The number of hydrogen-bond acceptors (Lipinski definition) is 4. The molecule has 106 valence electrons. The third-order valence-corrected chi connectivity index (χ3v) is 3.84. The zero-order valence-corrected chi connectivity index (χ0v) is 11.9. The van der Waals surface area contributed by atoms with Crippen LogP contribution in [-0.4, -0.2) is 39.6 Å². The lowest BCUT2D eigenvalue weighted by atomic mass is 10.0. The molecular weight excluding hydrogens is 242 g/mol. The van der Waals surface area contributed by atoms with Crippen molar-refractivity contribution in [3.05, 3.63) is 29.8 Å². The van der Waals surface area contributed by atoms with Crippen LogP contribution in [0.1, 0.15) is 24.9 Å². The molecule has 4 heteroatoms. The summed E-state index contributed by atoms with van der Waals surface area (Å²) < 4.78 is 16.5. The van der Waals surface area contributed by atoms with Gasteiger partial charge < -0.3 is 19.5 Å². The normalized spacial score (nSPS) is 24.4. The van der Waals surface area contributed by atoms with Crippen LogP contribution in [0.3, 0.4) is 0 Å². The Labute approximate surface area is 115 Å². The number of benzene rings is 1. The summed E-state index contributed by atoms with van der Waals surface area (Å²) in [5.41, 5.74) is 0.978. The molecule has 4 nitrogen and oxygen atoms in total. The van der Waals surface area contributed by atoms with Crippen molar-refractivity contribution in [1.29, 1.82) is 0 Å². The van der Waals surface area contributed by atoms with E-state index in [9.17, 15) is 0 Å². The van der Waals surface area contributed by atoms with Crippen molar-refractivity contribution in [3.63, 3.8) is 0 Å². The van der Waals surface area contributed by atoms with Gasteiger partial charge in [0.15, 0.2) is 0 Å². The summed E-state index contributed by atoms with van der Waals surface area (Å²) >= 11 is 0. The zero-order valence-electron chi connectivity index (χ0n) is 11.9. The van der Waals surface area contributed by atoms with Crippen LogP contribution in [0, 0.1) is 0 Å². The maximum Gasteiger partial charge on any atom is 0.123 e. The highest BCUT2D eigenvalue weighted by Gasteiger charge is 2.35. The van der Waals surface area contributed by atoms with E-state index in [0.717, 1.165) is 30.9 Å². The summed E-state index contributed by atoms with van der Waals surface area (Å²) in [6.45, 7) is 4.35. The van der Waals surface area contributed by atoms with Crippen LogP contribution in [-0.2, 0) is 9.47 Å². The Kier molecular flexibility index (Phi) is 4.80. The molecule has 1 saturated heterocycles. The van der Waals surface area contributed by atoms with Gasteiger partial charge >= 0.3 is 0 Å². The molecular formula is C15H23NO3. The first-order chi connectivity index (χ1) is 9.21. The Hall–Kier alpha value is -1.10. The van der Waals surface area contributed by atoms with Gasteiger partial charge in [0.05, 0.1) is 13.7 Å². The summed E-state index contributed by atoms with van der Waals surface area (Å²) in [4.78, 5) is 0. The lowest BCUT2D eigenvalue weighted by Gasteiger charge is -2.28. The van der Waals surface area contributed by atoms with E-state index in [1.165, 1.54) is 0 Å². The maximum atomic E-state index is 5.62. The molecule has 1 aromatic rings. The summed E-state index contributed by atoms with van der Waals surface area (Å²) in [7, 11) is 3.46. The number of para-hydroxylation sites is 1. The van der Waals surface area contributed by atoms with E-state index in [4.69, 9.17) is 14.2 Å². The average molecular weight is 265 g/mol. The summed E-state index contributed by atoms with van der Waals surface area (Å²) in [6, 6.07) is 8.29. The third-order valence-electron chi connectivity index (χ3n) is 3.84. The van der Waals surface area contributed by atoms with Crippen molar-refractivity contribution in [3.8, 4) is 5.75 Å². The van der Waals surface area contributed by atoms with E-state index in [1.54, 1.807) is 14.2 Å². The predicted molar refractivity (Wildman–Crippen MR) is 74.6 cm³/mol. The van der Waals surface area contributed by atoms with E-state index < -0.39 is 0 Å². The van der Waals surface area contributed by atoms with E-state index in [-0.39, 0.29) is 11.6 Å². The first-order valence-electron chi connectivity index (χ1n) is 6.70. The minimum Gasteiger partial charge on any atom is -0.496 e. The lowest BCUT2D eigenvalue weighted by molar-refractivity contribution is -0.0172. The first kappa shape index (κ1) is 14.3. The smallest absolute Gasteiger partial charge is 0.123 e. The maximum absolute atomic E-state index is 5.62. The fourth-order valence-electron chi connectivity index (χ4n) is 2.43. The average Bonchev–Trinajstić information content (AvgIpc) is 2.94. The van der Waals surface area contributed by atoms with Gasteiger partial charge in [-0.05, 0) is 13.0 Å². The largest absolute Gasteiger partial charge is 0.496 e. The Morgan fingerprint density at radius 2 is 2.16 bits per heavy atom. The monoisotopic (exact) mass is 265 g/mol. The Morgan fingerprint density at radius 3 is 2.79 bits per heavy atom. The van der Waals surface area contributed by atoms with Crippen molar-refractivity contribution >= 4 is 0 Å². The van der Waals surface area contributed by atoms with Gasteiger partial charge in [-0.25, -0.2) is 0 Å². The number of nitrogens with one attached hydrogen (secondary N) is 1. The van der Waals surface area contributed by atoms with Crippen LogP contribution in [0.15, 0.2) is 24.3 Å². The molecule has 2 rings (SSSR count). The summed E-state index contributed by atoms with van der Waals surface area (Å²) in [6.07, 6.45) is 0.940. The van der Waals surface area contributed by atoms with Gasteiger partial charge in [-0.15, -0.1) is 0 Å². The lowest BCUT2D eigenvalue weighted by Crippen LogP contribution is -2.43. The highest BCUT2D eigenvalue weighted by Crippen LogP contribution is 2.26. The molecule has 1 aromatic carbocycles. The molecule has 19 heavy (non-hydrogen) atoms. The first-order valence-corrected chi connectivity index (χ1v) is 6.70. The van der Waals surface area contributed by atoms with Gasteiger partial charge in [0.1, 0.15) is 11.4 Å². The van der Waals surface area contributed by atoms with Crippen LogP contribution in [0.5, 0.6) is 5.75 Å². The SMILES string of the molecule is COc1ccccc1C(C)NCC1(OC)CCOC1. The van der Waals surface area contributed by atoms with Crippen molar-refractivity contribution < 1.29 is 14.2 Å². The fraction of sp³-hybridized carbons (Fsp3) is 0.600. The molecule has 2 atom stereocenters. The second kappa shape index (κ2) is 6.37. The number of hydrogen-bond donors (Lipinski definition) is 1. The molecule has 0 aromatic heterocycles. The van der Waals surface area contributed by atoms with Crippen LogP contribution in [0.4, 0.5) is 0 Å². The van der Waals surface area contributed by atoms with E-state index >= 15 is 0 Å². The topological polar surface area (TPSA) is 39.7 Å². The second-order valence-electron chi connectivity index (χ2n) is 5.03.